The smallest absolute Gasteiger partial charge is 0.253 e. The van der Waals surface area contributed by atoms with Crippen molar-refractivity contribution in [2.45, 2.75) is 25.9 Å². The summed E-state index contributed by atoms with van der Waals surface area (Å²) in [5.41, 5.74) is 1.41. The van der Waals surface area contributed by atoms with Crippen LogP contribution in [0.25, 0.3) is 0 Å². The number of ether oxygens (including phenoxy) is 1. The minimum Gasteiger partial charge on any atom is -0.379 e. The van der Waals surface area contributed by atoms with Gasteiger partial charge < -0.3 is 15.4 Å². The van der Waals surface area contributed by atoms with E-state index in [-0.39, 0.29) is 23.8 Å². The van der Waals surface area contributed by atoms with E-state index in [9.17, 15) is 9.59 Å². The lowest BCUT2D eigenvalue weighted by molar-refractivity contribution is -0.124. The van der Waals surface area contributed by atoms with Crippen LogP contribution >= 0.6 is 23.2 Å². The van der Waals surface area contributed by atoms with E-state index < -0.39 is 6.04 Å². The third-order valence-electron chi connectivity index (χ3n) is 5.57. The number of halogens is 2. The number of hydrogen-bond donors (Lipinski definition) is 2. The van der Waals surface area contributed by atoms with Gasteiger partial charge in [0.15, 0.2) is 0 Å². The number of hydrogen-bond acceptors (Lipinski definition) is 4. The molecule has 172 valence electrons. The lowest BCUT2D eigenvalue weighted by Crippen LogP contribution is -2.52. The highest BCUT2D eigenvalue weighted by Crippen LogP contribution is 2.23. The van der Waals surface area contributed by atoms with Crippen LogP contribution in [0.15, 0.2) is 48.5 Å². The Kier molecular flexibility index (Phi) is 8.93. The molecule has 0 aromatic heterocycles. The van der Waals surface area contributed by atoms with Gasteiger partial charge in [-0.1, -0.05) is 61.3 Å². The molecule has 1 aliphatic heterocycles. The minimum atomic E-state index is -0.686. The second-order valence-corrected chi connectivity index (χ2v) is 8.98. The summed E-state index contributed by atoms with van der Waals surface area (Å²) in [4.78, 5) is 28.1. The molecule has 1 saturated heterocycles. The summed E-state index contributed by atoms with van der Waals surface area (Å²) in [7, 11) is 0. The summed E-state index contributed by atoms with van der Waals surface area (Å²) in [5.74, 6) is -0.696. The Morgan fingerprint density at radius 3 is 2.31 bits per heavy atom. The lowest BCUT2D eigenvalue weighted by Gasteiger charge is -2.35. The Bertz CT molecular complexity index is 915. The second-order valence-electron chi connectivity index (χ2n) is 8.14. The number of carbonyl (C=O) groups is 2. The van der Waals surface area contributed by atoms with Gasteiger partial charge in [0.1, 0.15) is 6.04 Å². The predicted molar refractivity (Wildman–Crippen MR) is 127 cm³/mol. The van der Waals surface area contributed by atoms with Crippen molar-refractivity contribution in [3.63, 3.8) is 0 Å². The van der Waals surface area contributed by atoms with Gasteiger partial charge in [-0.05, 0) is 35.7 Å². The van der Waals surface area contributed by atoms with E-state index in [4.69, 9.17) is 27.9 Å². The van der Waals surface area contributed by atoms with Crippen LogP contribution in [0.4, 0.5) is 0 Å². The molecule has 2 atom stereocenters. The Morgan fingerprint density at radius 2 is 1.69 bits per heavy atom. The summed E-state index contributed by atoms with van der Waals surface area (Å²) in [6.07, 6.45) is 0. The third kappa shape index (κ3) is 6.45. The molecule has 2 unspecified atom stereocenters. The van der Waals surface area contributed by atoms with Gasteiger partial charge in [-0.15, -0.1) is 0 Å². The molecule has 0 aliphatic carbocycles. The van der Waals surface area contributed by atoms with Crippen molar-refractivity contribution in [2.24, 2.45) is 5.92 Å². The van der Waals surface area contributed by atoms with Crippen LogP contribution in [0.3, 0.4) is 0 Å². The molecule has 1 aliphatic rings. The first-order valence-electron chi connectivity index (χ1n) is 10.8. The summed E-state index contributed by atoms with van der Waals surface area (Å²) < 4.78 is 5.49. The third-order valence-corrected chi connectivity index (χ3v) is 6.15. The van der Waals surface area contributed by atoms with Crippen LogP contribution in [-0.4, -0.2) is 55.6 Å². The number of amides is 2. The van der Waals surface area contributed by atoms with Crippen molar-refractivity contribution in [3.8, 4) is 0 Å². The number of nitrogens with zero attached hydrogens (tertiary/aromatic N) is 1. The first-order chi connectivity index (χ1) is 15.4. The molecule has 6 nitrogen and oxygen atoms in total. The number of nitrogens with one attached hydrogen (secondary N) is 2. The van der Waals surface area contributed by atoms with Gasteiger partial charge >= 0.3 is 0 Å². The molecule has 2 aromatic carbocycles. The van der Waals surface area contributed by atoms with E-state index >= 15 is 0 Å². The Labute approximate surface area is 199 Å². The highest BCUT2D eigenvalue weighted by molar-refractivity contribution is 6.33. The Morgan fingerprint density at radius 1 is 1.03 bits per heavy atom. The fourth-order valence-electron chi connectivity index (χ4n) is 3.74. The average molecular weight is 478 g/mol. The molecule has 3 rings (SSSR count). The van der Waals surface area contributed by atoms with Crippen molar-refractivity contribution in [2.75, 3.05) is 32.8 Å². The van der Waals surface area contributed by atoms with Crippen molar-refractivity contribution >= 4 is 35.0 Å². The van der Waals surface area contributed by atoms with Crippen LogP contribution in [0.2, 0.25) is 10.0 Å². The standard InChI is InChI=1S/C24H29Cl2N3O3/c1-16(2)22(28-23(30)19-5-3-4-6-20(19)26)24(31)27-15-21(29-11-13-32-14-12-29)17-7-9-18(25)10-8-17/h3-10,16,21-22H,11-15H2,1-2H3,(H,27,31)(H,28,30). The average Bonchev–Trinajstić information content (AvgIpc) is 2.79. The molecule has 2 aromatic rings. The summed E-state index contributed by atoms with van der Waals surface area (Å²) in [5, 5.41) is 6.90. The van der Waals surface area contributed by atoms with Crippen molar-refractivity contribution in [3.05, 3.63) is 69.7 Å². The highest BCUT2D eigenvalue weighted by Gasteiger charge is 2.28. The van der Waals surface area contributed by atoms with Crippen molar-refractivity contribution in [1.82, 2.24) is 15.5 Å². The monoisotopic (exact) mass is 477 g/mol. The minimum absolute atomic E-state index is 0.0211. The number of morpholine rings is 1. The lowest BCUT2D eigenvalue weighted by atomic mass is 10.0. The quantitative estimate of drug-likeness (QED) is 0.603. The van der Waals surface area contributed by atoms with Gasteiger partial charge in [-0.2, -0.15) is 0 Å². The largest absolute Gasteiger partial charge is 0.379 e. The maximum atomic E-state index is 13.1. The zero-order valence-electron chi connectivity index (χ0n) is 18.3. The van der Waals surface area contributed by atoms with Gasteiger partial charge in [-0.3, -0.25) is 14.5 Å². The zero-order valence-corrected chi connectivity index (χ0v) is 19.8. The second kappa shape index (κ2) is 11.7. The highest BCUT2D eigenvalue weighted by atomic mass is 35.5. The molecule has 8 heteroatoms. The molecule has 0 spiro atoms. The van der Waals surface area contributed by atoms with Gasteiger partial charge in [-0.25, -0.2) is 0 Å². The summed E-state index contributed by atoms with van der Waals surface area (Å²) >= 11 is 12.2. The topological polar surface area (TPSA) is 70.7 Å². The van der Waals surface area contributed by atoms with E-state index in [1.54, 1.807) is 24.3 Å². The molecule has 0 saturated carbocycles. The molecule has 2 amide bonds. The normalized spacial score (nSPS) is 16.4. The van der Waals surface area contributed by atoms with E-state index in [1.807, 2.05) is 38.1 Å². The zero-order chi connectivity index (χ0) is 23.1. The summed E-state index contributed by atoms with van der Waals surface area (Å²) in [6, 6.07) is 13.8. The molecule has 0 bridgehead atoms. The maximum Gasteiger partial charge on any atom is 0.253 e. The van der Waals surface area contributed by atoms with E-state index in [2.05, 4.69) is 15.5 Å². The van der Waals surface area contributed by atoms with Gasteiger partial charge in [0.25, 0.3) is 5.91 Å². The molecule has 1 fully saturated rings. The predicted octanol–water partition coefficient (Wildman–Crippen LogP) is 3.94. The van der Waals surface area contributed by atoms with Gasteiger partial charge in [0.2, 0.25) is 5.91 Å². The summed E-state index contributed by atoms with van der Waals surface area (Å²) in [6.45, 7) is 7.07. The fraction of sp³-hybridized carbons (Fsp3) is 0.417. The van der Waals surface area contributed by atoms with Crippen LogP contribution in [0, 0.1) is 5.92 Å². The first-order valence-corrected chi connectivity index (χ1v) is 11.5. The van der Waals surface area contributed by atoms with Crippen molar-refractivity contribution < 1.29 is 14.3 Å². The van der Waals surface area contributed by atoms with Crippen LogP contribution in [-0.2, 0) is 9.53 Å². The molecule has 1 heterocycles. The Balaban J connectivity index is 1.70. The Hall–Kier alpha value is -2.12. The molecule has 32 heavy (non-hydrogen) atoms. The van der Waals surface area contributed by atoms with Gasteiger partial charge in [0.05, 0.1) is 29.8 Å². The number of benzene rings is 2. The molecular formula is C24H29Cl2N3O3. The number of rotatable bonds is 8. The van der Waals surface area contributed by atoms with Crippen molar-refractivity contribution in [1.29, 1.82) is 0 Å². The first kappa shape index (κ1) is 24.5. The molecule has 2 N–H and O–H groups in total. The maximum absolute atomic E-state index is 13.1. The fourth-order valence-corrected chi connectivity index (χ4v) is 4.09. The van der Waals surface area contributed by atoms with E-state index in [1.165, 1.54) is 0 Å². The van der Waals surface area contributed by atoms with Gasteiger partial charge in [0, 0.05) is 24.7 Å². The number of carbonyl (C=O) groups excluding carboxylic acids is 2. The molecule has 0 radical (unpaired) electrons. The van der Waals surface area contributed by atoms with E-state index in [0.29, 0.717) is 35.4 Å². The van der Waals surface area contributed by atoms with Crippen LogP contribution in [0.5, 0.6) is 0 Å². The van der Waals surface area contributed by atoms with Crippen LogP contribution in [0.1, 0.15) is 35.8 Å². The van der Waals surface area contributed by atoms with E-state index in [0.717, 1.165) is 18.7 Å². The van der Waals surface area contributed by atoms with Crippen LogP contribution < -0.4 is 10.6 Å². The SMILES string of the molecule is CC(C)C(NC(=O)c1ccccc1Cl)C(=O)NCC(c1ccc(Cl)cc1)N1CCOCC1. The molecular weight excluding hydrogens is 449 g/mol.